The van der Waals surface area contributed by atoms with Crippen molar-refractivity contribution in [1.29, 1.82) is 0 Å². The van der Waals surface area contributed by atoms with Crippen LogP contribution in [-0.2, 0) is 9.59 Å². The molecule has 0 spiro atoms. The summed E-state index contributed by atoms with van der Waals surface area (Å²) in [5.41, 5.74) is 1.60. The molecule has 80 valence electrons. The van der Waals surface area contributed by atoms with Crippen molar-refractivity contribution in [2.45, 2.75) is 26.7 Å². The highest BCUT2D eigenvalue weighted by atomic mass is 16.1. The Hall–Kier alpha value is -1.64. The van der Waals surface area contributed by atoms with E-state index < -0.39 is 0 Å². The Morgan fingerprint density at radius 1 is 1.47 bits per heavy atom. The minimum Gasteiger partial charge on any atom is -0.326 e. The maximum absolute atomic E-state index is 11.5. The number of carbonyl (C=O) groups is 2. The van der Waals surface area contributed by atoms with E-state index in [-0.39, 0.29) is 11.7 Å². The van der Waals surface area contributed by atoms with E-state index in [0.29, 0.717) is 23.3 Å². The van der Waals surface area contributed by atoms with Crippen molar-refractivity contribution in [2.24, 2.45) is 0 Å². The molecule has 3 nitrogen and oxygen atoms in total. The van der Waals surface area contributed by atoms with Gasteiger partial charge in [0.05, 0.1) is 0 Å². The molecule has 1 rings (SSSR count). The molecule has 0 aromatic rings. The summed E-state index contributed by atoms with van der Waals surface area (Å²) >= 11 is 0. The van der Waals surface area contributed by atoms with Crippen LogP contribution >= 0.6 is 0 Å². The highest BCUT2D eigenvalue weighted by Gasteiger charge is 2.16. The molecule has 3 heteroatoms. The summed E-state index contributed by atoms with van der Waals surface area (Å²) in [7, 11) is 0. The molecule has 0 fully saturated rings. The van der Waals surface area contributed by atoms with E-state index in [9.17, 15) is 9.59 Å². The van der Waals surface area contributed by atoms with Gasteiger partial charge in [0.15, 0.2) is 5.78 Å². The second kappa shape index (κ2) is 4.73. The summed E-state index contributed by atoms with van der Waals surface area (Å²) in [4.78, 5) is 22.8. The van der Waals surface area contributed by atoms with Crippen molar-refractivity contribution in [3.8, 4) is 0 Å². The predicted molar refractivity (Wildman–Crippen MR) is 59.0 cm³/mol. The van der Waals surface area contributed by atoms with E-state index in [4.69, 9.17) is 0 Å². The summed E-state index contributed by atoms with van der Waals surface area (Å²) in [5.74, 6) is -0.166. The predicted octanol–water partition coefficient (Wildman–Crippen LogP) is 1.87. The molecule has 1 aliphatic rings. The molecule has 1 aliphatic carbocycles. The van der Waals surface area contributed by atoms with Crippen LogP contribution < -0.4 is 5.32 Å². The van der Waals surface area contributed by atoms with Crippen LogP contribution in [0.15, 0.2) is 35.6 Å². The number of Topliss-reactive ketones (excluding diaryl/α,β-unsaturated/α-hetero) is 1. The number of carbonyl (C=O) groups excluding carboxylic acids is 2. The minimum absolute atomic E-state index is 0.0585. The molecule has 1 amide bonds. The molecule has 0 saturated carbocycles. The van der Waals surface area contributed by atoms with Gasteiger partial charge in [-0.3, -0.25) is 9.59 Å². The Kier molecular flexibility index (Phi) is 3.61. The monoisotopic (exact) mass is 205 g/mol. The van der Waals surface area contributed by atoms with Crippen LogP contribution in [0.1, 0.15) is 26.7 Å². The van der Waals surface area contributed by atoms with Crippen molar-refractivity contribution >= 4 is 11.7 Å². The number of hydrogen-bond donors (Lipinski definition) is 1. The quantitative estimate of drug-likeness (QED) is 0.715. The smallest absolute Gasteiger partial charge is 0.224 e. The number of allylic oxidation sites excluding steroid dienone is 4. The molecular formula is C12H15NO2. The maximum atomic E-state index is 11.5. The van der Waals surface area contributed by atoms with Crippen LogP contribution in [0.2, 0.25) is 0 Å². The molecule has 0 heterocycles. The number of amides is 1. The Morgan fingerprint density at radius 3 is 2.73 bits per heavy atom. The van der Waals surface area contributed by atoms with Gasteiger partial charge >= 0.3 is 0 Å². The third-order valence-corrected chi connectivity index (χ3v) is 2.24. The molecular weight excluding hydrogens is 190 g/mol. The van der Waals surface area contributed by atoms with Crippen LogP contribution in [0.4, 0.5) is 0 Å². The molecule has 15 heavy (non-hydrogen) atoms. The molecule has 0 unspecified atom stereocenters. The molecule has 0 radical (unpaired) electrons. The van der Waals surface area contributed by atoms with E-state index in [0.717, 1.165) is 6.42 Å². The zero-order valence-corrected chi connectivity index (χ0v) is 9.09. The molecule has 1 N–H and O–H groups in total. The molecule has 0 atom stereocenters. The number of ketones is 1. The largest absolute Gasteiger partial charge is 0.326 e. The van der Waals surface area contributed by atoms with Gasteiger partial charge in [-0.1, -0.05) is 13.5 Å². The molecule has 0 aliphatic heterocycles. The van der Waals surface area contributed by atoms with Crippen LogP contribution in [0.5, 0.6) is 0 Å². The van der Waals surface area contributed by atoms with E-state index >= 15 is 0 Å². The fourth-order valence-electron chi connectivity index (χ4n) is 1.32. The minimum atomic E-state index is -0.107. The highest BCUT2D eigenvalue weighted by molar-refractivity contribution is 6.11. The Balaban J connectivity index is 2.79. The van der Waals surface area contributed by atoms with Crippen molar-refractivity contribution < 1.29 is 9.59 Å². The Labute approximate surface area is 89.6 Å². The Morgan fingerprint density at radius 2 is 2.13 bits per heavy atom. The molecule has 0 saturated heterocycles. The van der Waals surface area contributed by atoms with Crippen molar-refractivity contribution in [3.05, 3.63) is 35.6 Å². The second-order valence-corrected chi connectivity index (χ2v) is 3.52. The zero-order chi connectivity index (χ0) is 11.4. The summed E-state index contributed by atoms with van der Waals surface area (Å²) in [6, 6.07) is 0. The van der Waals surface area contributed by atoms with Crippen LogP contribution in [0.25, 0.3) is 0 Å². The zero-order valence-electron chi connectivity index (χ0n) is 9.09. The van der Waals surface area contributed by atoms with Gasteiger partial charge in [-0.25, -0.2) is 0 Å². The van der Waals surface area contributed by atoms with Gasteiger partial charge in [0.2, 0.25) is 5.91 Å². The molecule has 0 bridgehead atoms. The van der Waals surface area contributed by atoms with Crippen LogP contribution in [-0.4, -0.2) is 11.7 Å². The number of nitrogens with one attached hydrogen (secondary N) is 1. The third-order valence-electron chi connectivity index (χ3n) is 2.24. The van der Waals surface area contributed by atoms with E-state index in [1.165, 1.54) is 0 Å². The van der Waals surface area contributed by atoms with Crippen molar-refractivity contribution in [2.75, 3.05) is 0 Å². The summed E-state index contributed by atoms with van der Waals surface area (Å²) < 4.78 is 0. The first kappa shape index (κ1) is 11.4. The highest BCUT2D eigenvalue weighted by Crippen LogP contribution is 2.16. The van der Waals surface area contributed by atoms with Crippen molar-refractivity contribution in [3.63, 3.8) is 0 Å². The summed E-state index contributed by atoms with van der Waals surface area (Å²) in [6.45, 7) is 7.24. The normalized spacial score (nSPS) is 15.9. The lowest BCUT2D eigenvalue weighted by atomic mass is 9.98. The standard InChI is InChI=1S/C12H15NO2/c1-4-5-11(14)13-10-7-6-8(2)12(15)9(10)3/h6-7H,2,4-5H2,1,3H3,(H,13,14). The maximum Gasteiger partial charge on any atom is 0.224 e. The van der Waals surface area contributed by atoms with Gasteiger partial charge in [0.1, 0.15) is 0 Å². The van der Waals surface area contributed by atoms with Gasteiger partial charge in [-0.2, -0.15) is 0 Å². The first-order chi connectivity index (χ1) is 7.06. The van der Waals surface area contributed by atoms with Crippen molar-refractivity contribution in [1.82, 2.24) is 5.32 Å². The van der Waals surface area contributed by atoms with E-state index in [1.54, 1.807) is 19.1 Å². The lowest BCUT2D eigenvalue weighted by Crippen LogP contribution is -2.25. The van der Waals surface area contributed by atoms with E-state index in [1.807, 2.05) is 6.92 Å². The average Bonchev–Trinajstić information content (AvgIpc) is 2.20. The van der Waals surface area contributed by atoms with Gasteiger partial charge in [-0.15, -0.1) is 0 Å². The lowest BCUT2D eigenvalue weighted by molar-refractivity contribution is -0.120. The number of rotatable bonds is 3. The van der Waals surface area contributed by atoms with Gasteiger partial charge in [0.25, 0.3) is 0 Å². The molecule has 0 aromatic carbocycles. The van der Waals surface area contributed by atoms with Crippen LogP contribution in [0.3, 0.4) is 0 Å². The first-order valence-electron chi connectivity index (χ1n) is 4.98. The van der Waals surface area contributed by atoms with Gasteiger partial charge < -0.3 is 5.32 Å². The average molecular weight is 205 g/mol. The number of hydrogen-bond acceptors (Lipinski definition) is 2. The van der Waals surface area contributed by atoms with Gasteiger partial charge in [-0.05, 0) is 25.5 Å². The topological polar surface area (TPSA) is 46.2 Å². The fourth-order valence-corrected chi connectivity index (χ4v) is 1.32. The summed E-state index contributed by atoms with van der Waals surface area (Å²) in [6.07, 6.45) is 4.60. The summed E-state index contributed by atoms with van der Waals surface area (Å²) in [5, 5.41) is 2.71. The first-order valence-corrected chi connectivity index (χ1v) is 4.98. The Bertz CT molecular complexity index is 375. The van der Waals surface area contributed by atoms with E-state index in [2.05, 4.69) is 11.9 Å². The van der Waals surface area contributed by atoms with Gasteiger partial charge in [0, 0.05) is 23.3 Å². The lowest BCUT2D eigenvalue weighted by Gasteiger charge is -2.13. The SMILES string of the molecule is C=C1C=CC(NC(=O)CCC)=C(C)C1=O. The van der Waals surface area contributed by atoms with Crippen LogP contribution in [0, 0.1) is 0 Å². The fraction of sp³-hybridized carbons (Fsp3) is 0.333. The third kappa shape index (κ3) is 2.65. The molecule has 0 aromatic heterocycles. The second-order valence-electron chi connectivity index (χ2n) is 3.52.